The van der Waals surface area contributed by atoms with Crippen LogP contribution in [0.4, 0.5) is 22.9 Å². The minimum absolute atomic E-state index is 0.129. The molecule has 0 spiro atoms. The minimum Gasteiger partial charge on any atom is -0.340 e. The van der Waals surface area contributed by atoms with Crippen molar-refractivity contribution in [1.82, 2.24) is 9.97 Å². The lowest BCUT2D eigenvalue weighted by Crippen LogP contribution is -2.15. The van der Waals surface area contributed by atoms with Gasteiger partial charge in [-0.3, -0.25) is 9.59 Å². The molecule has 136 valence electrons. The number of anilines is 4. The van der Waals surface area contributed by atoms with Gasteiger partial charge < -0.3 is 16.0 Å². The Morgan fingerprint density at radius 3 is 2.11 bits per heavy atom. The fourth-order valence-corrected chi connectivity index (χ4v) is 2.45. The fourth-order valence-electron chi connectivity index (χ4n) is 2.45. The van der Waals surface area contributed by atoms with Crippen LogP contribution in [0.2, 0.25) is 0 Å². The number of amides is 2. The highest BCUT2D eigenvalue weighted by atomic mass is 16.2. The van der Waals surface area contributed by atoms with Crippen LogP contribution in [0.5, 0.6) is 0 Å². The van der Waals surface area contributed by atoms with Crippen LogP contribution in [0, 0.1) is 6.92 Å². The van der Waals surface area contributed by atoms with Crippen LogP contribution in [-0.4, -0.2) is 21.8 Å². The number of aryl methyl sites for hydroxylation is 1. The highest BCUT2D eigenvalue weighted by Crippen LogP contribution is 2.19. The van der Waals surface area contributed by atoms with E-state index in [1.54, 1.807) is 25.1 Å². The van der Waals surface area contributed by atoms with Crippen molar-refractivity contribution in [3.8, 4) is 0 Å². The molecular formula is C20H19N5O2. The van der Waals surface area contributed by atoms with E-state index in [2.05, 4.69) is 25.9 Å². The lowest BCUT2D eigenvalue weighted by Gasteiger charge is -2.10. The van der Waals surface area contributed by atoms with Crippen LogP contribution in [0.1, 0.15) is 23.2 Å². The van der Waals surface area contributed by atoms with E-state index in [1.165, 1.54) is 6.92 Å². The summed E-state index contributed by atoms with van der Waals surface area (Å²) >= 11 is 0. The molecule has 0 aliphatic carbocycles. The van der Waals surface area contributed by atoms with Crippen molar-refractivity contribution in [1.29, 1.82) is 0 Å². The van der Waals surface area contributed by atoms with Gasteiger partial charge in [-0.15, -0.1) is 0 Å². The van der Waals surface area contributed by atoms with Crippen molar-refractivity contribution in [2.24, 2.45) is 0 Å². The van der Waals surface area contributed by atoms with E-state index >= 15 is 0 Å². The monoisotopic (exact) mass is 361 g/mol. The molecule has 3 N–H and O–H groups in total. The summed E-state index contributed by atoms with van der Waals surface area (Å²) in [5.74, 6) is 0.549. The van der Waals surface area contributed by atoms with Crippen LogP contribution >= 0.6 is 0 Å². The van der Waals surface area contributed by atoms with Gasteiger partial charge in [-0.2, -0.15) is 0 Å². The van der Waals surface area contributed by atoms with E-state index in [-0.39, 0.29) is 17.5 Å². The lowest BCUT2D eigenvalue weighted by atomic mass is 10.2. The summed E-state index contributed by atoms with van der Waals surface area (Å²) in [6.07, 6.45) is 0. The minimum atomic E-state index is -0.309. The summed E-state index contributed by atoms with van der Waals surface area (Å²) in [6, 6.07) is 18.0. The Morgan fingerprint density at radius 1 is 0.815 bits per heavy atom. The van der Waals surface area contributed by atoms with Gasteiger partial charge in [-0.05, 0) is 43.3 Å². The summed E-state index contributed by atoms with van der Waals surface area (Å²) in [6.45, 7) is 3.18. The molecule has 3 aromatic rings. The first kappa shape index (κ1) is 18.1. The maximum absolute atomic E-state index is 12.4. The summed E-state index contributed by atoms with van der Waals surface area (Å²) in [7, 11) is 0. The first-order chi connectivity index (χ1) is 13.0. The molecule has 0 unspecified atom stereocenters. The fraction of sp³-hybridized carbons (Fsp3) is 0.100. The molecule has 0 aliphatic rings. The van der Waals surface area contributed by atoms with Crippen molar-refractivity contribution >= 4 is 34.7 Å². The number of nitrogens with one attached hydrogen (secondary N) is 3. The molecule has 1 heterocycles. The Hall–Kier alpha value is -3.74. The molecule has 0 saturated carbocycles. The highest BCUT2D eigenvalue weighted by Gasteiger charge is 2.11. The molecule has 0 radical (unpaired) electrons. The predicted octanol–water partition coefficient (Wildman–Crippen LogP) is 3.74. The maximum Gasteiger partial charge on any atom is 0.274 e. The number of para-hydroxylation sites is 1. The van der Waals surface area contributed by atoms with Gasteiger partial charge in [-0.1, -0.05) is 18.2 Å². The molecule has 0 aliphatic heterocycles. The molecule has 0 bridgehead atoms. The summed E-state index contributed by atoms with van der Waals surface area (Å²) in [4.78, 5) is 32.1. The van der Waals surface area contributed by atoms with E-state index in [4.69, 9.17) is 0 Å². The summed E-state index contributed by atoms with van der Waals surface area (Å²) < 4.78 is 0. The normalized spacial score (nSPS) is 10.1. The van der Waals surface area contributed by atoms with Gasteiger partial charge >= 0.3 is 0 Å². The van der Waals surface area contributed by atoms with Crippen LogP contribution in [0.15, 0.2) is 60.7 Å². The van der Waals surface area contributed by atoms with E-state index < -0.39 is 0 Å². The average Bonchev–Trinajstić information content (AvgIpc) is 2.63. The zero-order chi connectivity index (χ0) is 19.2. The molecule has 2 amide bonds. The number of rotatable bonds is 5. The smallest absolute Gasteiger partial charge is 0.274 e. The first-order valence-corrected chi connectivity index (χ1v) is 8.36. The van der Waals surface area contributed by atoms with Crippen molar-refractivity contribution in [2.75, 3.05) is 16.0 Å². The van der Waals surface area contributed by atoms with E-state index in [1.807, 2.05) is 42.5 Å². The van der Waals surface area contributed by atoms with Gasteiger partial charge in [0.05, 0.1) is 0 Å². The van der Waals surface area contributed by atoms with Crippen LogP contribution < -0.4 is 16.0 Å². The number of hydrogen-bond donors (Lipinski definition) is 3. The lowest BCUT2D eigenvalue weighted by molar-refractivity contribution is -0.114. The van der Waals surface area contributed by atoms with Gasteiger partial charge in [0, 0.05) is 30.1 Å². The molecule has 0 fully saturated rings. The van der Waals surface area contributed by atoms with E-state index in [0.29, 0.717) is 23.0 Å². The highest BCUT2D eigenvalue weighted by molar-refractivity contribution is 6.03. The third kappa shape index (κ3) is 5.12. The van der Waals surface area contributed by atoms with Crippen LogP contribution in [0.25, 0.3) is 0 Å². The average molecular weight is 361 g/mol. The van der Waals surface area contributed by atoms with Crippen LogP contribution in [-0.2, 0) is 4.79 Å². The van der Waals surface area contributed by atoms with Gasteiger partial charge in [0.15, 0.2) is 0 Å². The maximum atomic E-state index is 12.4. The number of carbonyl (C=O) groups is 2. The van der Waals surface area contributed by atoms with Gasteiger partial charge in [0.25, 0.3) is 5.91 Å². The molecular weight excluding hydrogens is 342 g/mol. The Balaban J connectivity index is 1.75. The Kier molecular flexibility index (Phi) is 5.41. The molecule has 2 aromatic carbocycles. The largest absolute Gasteiger partial charge is 0.340 e. The van der Waals surface area contributed by atoms with Crippen molar-refractivity contribution < 1.29 is 9.59 Å². The Bertz CT molecular complexity index is 956. The zero-order valence-electron chi connectivity index (χ0n) is 15.0. The molecule has 27 heavy (non-hydrogen) atoms. The SMILES string of the molecule is CC(=O)Nc1ccc(Nc2cc(C(=O)Nc3ccccc3)nc(C)n2)cc1. The van der Waals surface area contributed by atoms with Gasteiger partial charge in [0.1, 0.15) is 17.3 Å². The third-order valence-corrected chi connectivity index (χ3v) is 3.58. The quantitative estimate of drug-likeness (QED) is 0.643. The second-order valence-corrected chi connectivity index (χ2v) is 5.89. The summed E-state index contributed by atoms with van der Waals surface area (Å²) in [5.41, 5.74) is 2.44. The molecule has 7 heteroatoms. The zero-order valence-corrected chi connectivity index (χ0v) is 15.0. The van der Waals surface area contributed by atoms with E-state index in [0.717, 1.165) is 5.69 Å². The van der Waals surface area contributed by atoms with Crippen molar-refractivity contribution in [2.45, 2.75) is 13.8 Å². The van der Waals surface area contributed by atoms with Crippen molar-refractivity contribution in [3.63, 3.8) is 0 Å². The van der Waals surface area contributed by atoms with Gasteiger partial charge in [-0.25, -0.2) is 9.97 Å². The Labute approximate surface area is 156 Å². The first-order valence-electron chi connectivity index (χ1n) is 8.36. The third-order valence-electron chi connectivity index (χ3n) is 3.58. The standard InChI is InChI=1S/C20H19N5O2/c1-13-21-18(20(27)25-15-6-4-3-5-7-15)12-19(22-13)24-17-10-8-16(9-11-17)23-14(2)26/h3-12H,1-2H3,(H,23,26)(H,25,27)(H,21,22,24). The number of aromatic nitrogens is 2. The van der Waals surface area contributed by atoms with E-state index in [9.17, 15) is 9.59 Å². The topological polar surface area (TPSA) is 96.0 Å². The summed E-state index contributed by atoms with van der Waals surface area (Å²) in [5, 5.41) is 8.65. The molecule has 0 saturated heterocycles. The number of hydrogen-bond acceptors (Lipinski definition) is 5. The predicted molar refractivity (Wildman–Crippen MR) is 105 cm³/mol. The molecule has 3 rings (SSSR count). The Morgan fingerprint density at radius 2 is 1.44 bits per heavy atom. The van der Waals surface area contributed by atoms with Crippen molar-refractivity contribution in [3.05, 3.63) is 72.2 Å². The molecule has 0 atom stereocenters. The molecule has 1 aromatic heterocycles. The number of benzene rings is 2. The number of carbonyl (C=O) groups excluding carboxylic acids is 2. The van der Waals surface area contributed by atoms with Gasteiger partial charge in [0.2, 0.25) is 5.91 Å². The second-order valence-electron chi connectivity index (χ2n) is 5.89. The molecule has 7 nitrogen and oxygen atoms in total. The second kappa shape index (κ2) is 8.09. The van der Waals surface area contributed by atoms with Crippen LogP contribution in [0.3, 0.4) is 0 Å². The number of nitrogens with zero attached hydrogens (tertiary/aromatic N) is 2.